The Bertz CT molecular complexity index is 736. The number of piperazine rings is 1. The number of carbonyl (C=O) groups excluding carboxylic acids is 2. The smallest absolute Gasteiger partial charge is 0.224 e. The van der Waals surface area contributed by atoms with Gasteiger partial charge in [-0.25, -0.2) is 13.1 Å². The van der Waals surface area contributed by atoms with E-state index >= 15 is 0 Å². The summed E-state index contributed by atoms with van der Waals surface area (Å²) >= 11 is 0. The first-order chi connectivity index (χ1) is 14.2. The van der Waals surface area contributed by atoms with Gasteiger partial charge in [0.2, 0.25) is 21.8 Å². The second kappa shape index (κ2) is 13.4. The van der Waals surface area contributed by atoms with Gasteiger partial charge < -0.3 is 10.2 Å². The highest BCUT2D eigenvalue weighted by molar-refractivity contribution is 7.90. The maximum atomic E-state index is 12.2. The fourth-order valence-electron chi connectivity index (χ4n) is 2.86. The van der Waals surface area contributed by atoms with Crippen LogP contribution in [0.5, 0.6) is 0 Å². The SMILES string of the molecule is C=C/C=C(\C=C/CN1CCN(C(C)=O)CC1)NC(=O)CCCCNS(=O)(=O)C(C)C. The molecule has 0 radical (unpaired) electrons. The summed E-state index contributed by atoms with van der Waals surface area (Å²) in [5.74, 6) is -0.00373. The van der Waals surface area contributed by atoms with E-state index in [9.17, 15) is 18.0 Å². The van der Waals surface area contributed by atoms with Crippen LogP contribution in [-0.4, -0.2) is 74.6 Å². The van der Waals surface area contributed by atoms with Gasteiger partial charge in [-0.05, 0) is 38.8 Å². The number of hydrogen-bond donors (Lipinski definition) is 2. The minimum Gasteiger partial charge on any atom is -0.340 e. The van der Waals surface area contributed by atoms with Gasteiger partial charge in [-0.3, -0.25) is 14.5 Å². The second-order valence-corrected chi connectivity index (χ2v) is 9.88. The van der Waals surface area contributed by atoms with Crippen molar-refractivity contribution in [1.82, 2.24) is 19.8 Å². The van der Waals surface area contributed by atoms with Crippen molar-refractivity contribution in [3.05, 3.63) is 36.6 Å². The van der Waals surface area contributed by atoms with Crippen LogP contribution < -0.4 is 10.0 Å². The number of amides is 2. The zero-order chi connectivity index (χ0) is 22.6. The number of carbonyl (C=O) groups is 2. The summed E-state index contributed by atoms with van der Waals surface area (Å²) in [6.07, 6.45) is 8.71. The minimum atomic E-state index is -3.26. The first kappa shape index (κ1) is 26.1. The van der Waals surface area contributed by atoms with Crippen LogP contribution in [-0.2, 0) is 19.6 Å². The number of allylic oxidation sites excluding steroid dienone is 3. The molecule has 9 heteroatoms. The fourth-order valence-corrected chi connectivity index (χ4v) is 3.62. The first-order valence-corrected chi connectivity index (χ1v) is 12.0. The summed E-state index contributed by atoms with van der Waals surface area (Å²) in [6, 6.07) is 0. The Kier molecular flexibility index (Phi) is 11.6. The van der Waals surface area contributed by atoms with Gasteiger partial charge in [0.05, 0.1) is 5.25 Å². The fraction of sp³-hybridized carbons (Fsp3) is 0.619. The Morgan fingerprint density at radius 3 is 2.37 bits per heavy atom. The zero-order valence-electron chi connectivity index (χ0n) is 18.4. The van der Waals surface area contributed by atoms with Crippen molar-refractivity contribution in [2.24, 2.45) is 0 Å². The Morgan fingerprint density at radius 1 is 1.13 bits per heavy atom. The third-order valence-electron chi connectivity index (χ3n) is 4.81. The summed E-state index contributed by atoms with van der Waals surface area (Å²) in [5.41, 5.74) is 0.665. The Morgan fingerprint density at radius 2 is 1.80 bits per heavy atom. The van der Waals surface area contributed by atoms with Crippen LogP contribution in [0.2, 0.25) is 0 Å². The van der Waals surface area contributed by atoms with Gasteiger partial charge in [0, 0.05) is 58.3 Å². The van der Waals surface area contributed by atoms with Crippen molar-refractivity contribution >= 4 is 21.8 Å². The van der Waals surface area contributed by atoms with Crippen LogP contribution in [0, 0.1) is 0 Å². The maximum absolute atomic E-state index is 12.2. The lowest BCUT2D eigenvalue weighted by Crippen LogP contribution is -2.47. The lowest BCUT2D eigenvalue weighted by atomic mass is 10.2. The van der Waals surface area contributed by atoms with Crippen molar-refractivity contribution in [2.75, 3.05) is 39.3 Å². The van der Waals surface area contributed by atoms with Crippen LogP contribution in [0.25, 0.3) is 0 Å². The topological polar surface area (TPSA) is 98.8 Å². The number of nitrogens with zero attached hydrogens (tertiary/aromatic N) is 2. The van der Waals surface area contributed by atoms with E-state index in [-0.39, 0.29) is 11.8 Å². The molecule has 2 amide bonds. The minimum absolute atomic E-state index is 0.112. The number of sulfonamides is 1. The molecule has 1 aliphatic rings. The summed E-state index contributed by atoms with van der Waals surface area (Å²) in [6.45, 7) is 12.7. The van der Waals surface area contributed by atoms with Gasteiger partial charge in [0.25, 0.3) is 0 Å². The van der Waals surface area contributed by atoms with Gasteiger partial charge in [-0.15, -0.1) is 0 Å². The molecule has 0 saturated carbocycles. The standard InChI is InChI=1S/C21H36N4O4S/c1-5-9-20(10-8-13-24-14-16-25(17-15-24)19(4)26)23-21(27)11-6-7-12-22-30(28,29)18(2)3/h5,8-10,18,22H,1,6-7,11-17H2,2-4H3,(H,23,27)/b10-8-,20-9+. The lowest BCUT2D eigenvalue weighted by Gasteiger charge is -2.33. The van der Waals surface area contributed by atoms with E-state index in [1.54, 1.807) is 32.9 Å². The summed E-state index contributed by atoms with van der Waals surface area (Å²) in [5, 5.41) is 2.40. The van der Waals surface area contributed by atoms with Gasteiger partial charge >= 0.3 is 0 Å². The predicted molar refractivity (Wildman–Crippen MR) is 120 cm³/mol. The number of nitrogens with one attached hydrogen (secondary N) is 2. The van der Waals surface area contributed by atoms with Crippen LogP contribution in [0.1, 0.15) is 40.0 Å². The van der Waals surface area contributed by atoms with Gasteiger partial charge in [0.15, 0.2) is 0 Å². The summed E-state index contributed by atoms with van der Waals surface area (Å²) < 4.78 is 25.9. The van der Waals surface area contributed by atoms with E-state index in [4.69, 9.17) is 0 Å². The molecule has 1 saturated heterocycles. The molecule has 30 heavy (non-hydrogen) atoms. The number of unbranched alkanes of at least 4 members (excludes halogenated alkanes) is 1. The quantitative estimate of drug-likeness (QED) is 0.353. The second-order valence-electron chi connectivity index (χ2n) is 7.56. The summed E-state index contributed by atoms with van der Waals surface area (Å²) in [4.78, 5) is 27.6. The van der Waals surface area contributed by atoms with Crippen LogP contribution >= 0.6 is 0 Å². The molecule has 1 aliphatic heterocycles. The van der Waals surface area contributed by atoms with Gasteiger partial charge in [-0.2, -0.15) is 0 Å². The molecular formula is C21H36N4O4S. The molecule has 0 aromatic heterocycles. The van der Waals surface area contributed by atoms with Crippen LogP contribution in [0.4, 0.5) is 0 Å². The molecule has 8 nitrogen and oxygen atoms in total. The average Bonchev–Trinajstić information content (AvgIpc) is 2.68. The normalized spacial score (nSPS) is 16.3. The van der Waals surface area contributed by atoms with Gasteiger partial charge in [0.1, 0.15) is 0 Å². The predicted octanol–water partition coefficient (Wildman–Crippen LogP) is 1.39. The molecule has 0 aromatic rings. The molecule has 0 atom stereocenters. The van der Waals surface area contributed by atoms with Crippen molar-refractivity contribution in [1.29, 1.82) is 0 Å². The van der Waals surface area contributed by atoms with E-state index in [1.807, 2.05) is 17.1 Å². The third-order valence-corrected chi connectivity index (χ3v) is 6.66. The third kappa shape index (κ3) is 10.2. The Hall–Kier alpha value is -1.97. The monoisotopic (exact) mass is 440 g/mol. The van der Waals surface area contributed by atoms with Crippen molar-refractivity contribution in [3.63, 3.8) is 0 Å². The number of rotatable bonds is 12. The molecule has 170 valence electrons. The molecule has 2 N–H and O–H groups in total. The Labute approximate surface area is 181 Å². The highest BCUT2D eigenvalue weighted by atomic mass is 32.2. The van der Waals surface area contributed by atoms with E-state index in [1.165, 1.54) is 0 Å². The molecule has 1 fully saturated rings. The molecule has 0 bridgehead atoms. The molecule has 0 aliphatic carbocycles. The van der Waals surface area contributed by atoms with Crippen molar-refractivity contribution in [2.45, 2.75) is 45.3 Å². The number of hydrogen-bond acceptors (Lipinski definition) is 5. The highest BCUT2D eigenvalue weighted by Crippen LogP contribution is 2.04. The van der Waals surface area contributed by atoms with Gasteiger partial charge in [-0.1, -0.05) is 18.7 Å². The zero-order valence-corrected chi connectivity index (χ0v) is 19.2. The molecule has 1 heterocycles. The van der Waals surface area contributed by atoms with Crippen molar-refractivity contribution < 1.29 is 18.0 Å². The van der Waals surface area contributed by atoms with E-state index in [0.717, 1.165) is 32.7 Å². The van der Waals surface area contributed by atoms with Crippen LogP contribution in [0.3, 0.4) is 0 Å². The Balaban J connectivity index is 2.33. The maximum Gasteiger partial charge on any atom is 0.224 e. The molecule has 0 unspecified atom stereocenters. The first-order valence-electron chi connectivity index (χ1n) is 10.4. The van der Waals surface area contributed by atoms with E-state index < -0.39 is 15.3 Å². The molecule has 0 aromatic carbocycles. The lowest BCUT2D eigenvalue weighted by molar-refractivity contribution is -0.130. The molecular weight excluding hydrogens is 404 g/mol. The highest BCUT2D eigenvalue weighted by Gasteiger charge is 2.17. The van der Waals surface area contributed by atoms with Crippen LogP contribution in [0.15, 0.2) is 36.6 Å². The van der Waals surface area contributed by atoms with E-state index in [0.29, 0.717) is 31.5 Å². The van der Waals surface area contributed by atoms with Crippen molar-refractivity contribution in [3.8, 4) is 0 Å². The largest absolute Gasteiger partial charge is 0.340 e. The summed E-state index contributed by atoms with van der Waals surface area (Å²) in [7, 11) is -3.26. The average molecular weight is 441 g/mol. The molecule has 0 spiro atoms. The molecule has 1 rings (SSSR count). The van der Waals surface area contributed by atoms with E-state index in [2.05, 4.69) is 21.5 Å².